The Labute approximate surface area is 124 Å². The number of amides is 1. The van der Waals surface area contributed by atoms with Gasteiger partial charge in [0.15, 0.2) is 0 Å². The quantitative estimate of drug-likeness (QED) is 0.637. The van der Waals surface area contributed by atoms with E-state index in [1.165, 1.54) is 60.5 Å². The molecule has 1 amide bonds. The molecule has 2 aromatic rings. The van der Waals surface area contributed by atoms with Crippen LogP contribution in [0.2, 0.25) is 0 Å². The van der Waals surface area contributed by atoms with Gasteiger partial charge in [-0.2, -0.15) is 0 Å². The predicted molar refractivity (Wildman–Crippen MR) is 78.9 cm³/mol. The van der Waals surface area contributed by atoms with Gasteiger partial charge in [-0.1, -0.05) is 6.07 Å². The number of benzene rings is 2. The molecule has 0 radical (unpaired) electrons. The second-order valence-electron chi connectivity index (χ2n) is 4.45. The molecular formula is C14H11N3O5. The number of carbonyl (C=O) groups is 1. The number of rotatable bonds is 4. The van der Waals surface area contributed by atoms with Crippen LogP contribution < -0.4 is 4.90 Å². The van der Waals surface area contributed by atoms with Gasteiger partial charge in [0.2, 0.25) is 0 Å². The van der Waals surface area contributed by atoms with Crippen LogP contribution in [0.5, 0.6) is 0 Å². The third kappa shape index (κ3) is 3.06. The maximum absolute atomic E-state index is 12.3. The van der Waals surface area contributed by atoms with E-state index < -0.39 is 15.8 Å². The zero-order chi connectivity index (χ0) is 16.3. The molecule has 0 aliphatic rings. The number of carbonyl (C=O) groups excluding carboxylic acids is 1. The van der Waals surface area contributed by atoms with Crippen molar-refractivity contribution < 1.29 is 14.6 Å². The van der Waals surface area contributed by atoms with E-state index in [9.17, 15) is 25.0 Å². The Balaban J connectivity index is 2.26. The van der Waals surface area contributed by atoms with Crippen molar-refractivity contribution in [2.45, 2.75) is 0 Å². The molecule has 0 saturated heterocycles. The highest BCUT2D eigenvalue weighted by Crippen LogP contribution is 2.21. The highest BCUT2D eigenvalue weighted by atomic mass is 16.6. The number of nitro benzene ring substituents is 2. The van der Waals surface area contributed by atoms with Gasteiger partial charge in [0.05, 0.1) is 9.85 Å². The molecule has 8 heteroatoms. The fourth-order valence-corrected chi connectivity index (χ4v) is 1.86. The normalized spacial score (nSPS) is 10.0. The third-order valence-corrected chi connectivity index (χ3v) is 3.06. The summed E-state index contributed by atoms with van der Waals surface area (Å²) in [6, 6.07) is 10.8. The molecule has 0 heterocycles. The first kappa shape index (κ1) is 15.1. The average Bonchev–Trinajstić information content (AvgIpc) is 2.53. The molecule has 0 aliphatic carbocycles. The van der Waals surface area contributed by atoms with E-state index in [-0.39, 0.29) is 16.9 Å². The van der Waals surface area contributed by atoms with Crippen molar-refractivity contribution in [3.8, 4) is 0 Å². The van der Waals surface area contributed by atoms with Gasteiger partial charge in [-0.05, 0) is 18.2 Å². The monoisotopic (exact) mass is 301 g/mol. The number of non-ortho nitro benzene ring substituents is 2. The van der Waals surface area contributed by atoms with E-state index in [4.69, 9.17) is 0 Å². The van der Waals surface area contributed by atoms with E-state index in [0.717, 1.165) is 0 Å². The van der Waals surface area contributed by atoms with E-state index in [0.29, 0.717) is 5.69 Å². The lowest BCUT2D eigenvalue weighted by atomic mass is 10.1. The minimum atomic E-state index is -0.581. The summed E-state index contributed by atoms with van der Waals surface area (Å²) in [5.41, 5.74) is 0.347. The third-order valence-electron chi connectivity index (χ3n) is 3.06. The summed E-state index contributed by atoms with van der Waals surface area (Å²) in [7, 11) is 1.49. The smallest absolute Gasteiger partial charge is 0.270 e. The van der Waals surface area contributed by atoms with E-state index in [2.05, 4.69) is 0 Å². The first-order chi connectivity index (χ1) is 10.4. The van der Waals surface area contributed by atoms with E-state index >= 15 is 0 Å². The van der Waals surface area contributed by atoms with Gasteiger partial charge in [0, 0.05) is 42.6 Å². The largest absolute Gasteiger partial charge is 0.311 e. The van der Waals surface area contributed by atoms with Gasteiger partial charge in [-0.3, -0.25) is 25.0 Å². The van der Waals surface area contributed by atoms with Gasteiger partial charge < -0.3 is 4.90 Å². The molecule has 0 spiro atoms. The Morgan fingerprint density at radius 2 is 1.55 bits per heavy atom. The Morgan fingerprint density at radius 1 is 0.955 bits per heavy atom. The maximum atomic E-state index is 12.3. The van der Waals surface area contributed by atoms with Crippen LogP contribution in [0, 0.1) is 20.2 Å². The van der Waals surface area contributed by atoms with Crippen LogP contribution in [-0.4, -0.2) is 22.8 Å². The van der Waals surface area contributed by atoms with Gasteiger partial charge in [-0.25, -0.2) is 0 Å². The highest BCUT2D eigenvalue weighted by Gasteiger charge is 2.17. The first-order valence-corrected chi connectivity index (χ1v) is 6.17. The van der Waals surface area contributed by atoms with Crippen molar-refractivity contribution >= 4 is 23.0 Å². The molecule has 0 aromatic heterocycles. The van der Waals surface area contributed by atoms with Crippen molar-refractivity contribution in [2.24, 2.45) is 0 Å². The zero-order valence-electron chi connectivity index (χ0n) is 11.5. The fraction of sp³-hybridized carbons (Fsp3) is 0.0714. The Morgan fingerprint density at radius 3 is 2.09 bits per heavy atom. The number of hydrogen-bond acceptors (Lipinski definition) is 5. The predicted octanol–water partition coefficient (Wildman–Crippen LogP) is 2.78. The average molecular weight is 301 g/mol. The number of nitro groups is 2. The standard InChI is InChI=1S/C14H11N3O5/c1-15(11-5-7-12(8-6-11)16(19)20)14(18)10-3-2-4-13(9-10)17(21)22/h2-9H,1H3. The van der Waals surface area contributed by atoms with E-state index in [1.54, 1.807) is 0 Å². The van der Waals surface area contributed by atoms with Crippen molar-refractivity contribution in [3.63, 3.8) is 0 Å². The Hall–Kier alpha value is -3.29. The number of hydrogen-bond donors (Lipinski definition) is 0. The minimum absolute atomic E-state index is 0.0834. The lowest BCUT2D eigenvalue weighted by Crippen LogP contribution is -2.26. The molecule has 0 fully saturated rings. The Kier molecular flexibility index (Phi) is 4.12. The summed E-state index contributed by atoms with van der Waals surface area (Å²) in [6.07, 6.45) is 0. The molecule has 0 N–H and O–H groups in total. The summed E-state index contributed by atoms with van der Waals surface area (Å²) in [5.74, 6) is -0.447. The van der Waals surface area contributed by atoms with Gasteiger partial charge in [0.25, 0.3) is 17.3 Å². The molecule has 0 atom stereocenters. The summed E-state index contributed by atoms with van der Waals surface area (Å²) >= 11 is 0. The summed E-state index contributed by atoms with van der Waals surface area (Å²) < 4.78 is 0. The molecule has 0 unspecified atom stereocenters. The fourth-order valence-electron chi connectivity index (χ4n) is 1.86. The van der Waals surface area contributed by atoms with Crippen LogP contribution >= 0.6 is 0 Å². The lowest BCUT2D eigenvalue weighted by molar-refractivity contribution is -0.385. The second kappa shape index (κ2) is 6.00. The molecule has 0 saturated carbocycles. The topological polar surface area (TPSA) is 107 Å². The summed E-state index contributed by atoms with van der Waals surface area (Å²) in [5, 5.41) is 21.3. The summed E-state index contributed by atoms with van der Waals surface area (Å²) in [4.78, 5) is 33.8. The first-order valence-electron chi connectivity index (χ1n) is 6.17. The Bertz CT molecular complexity index is 742. The van der Waals surface area contributed by atoms with Crippen LogP contribution in [0.25, 0.3) is 0 Å². The van der Waals surface area contributed by atoms with Crippen molar-refractivity contribution in [2.75, 3.05) is 11.9 Å². The SMILES string of the molecule is CN(C(=O)c1cccc([N+](=O)[O-])c1)c1ccc([N+](=O)[O-])cc1. The van der Waals surface area contributed by atoms with Crippen molar-refractivity contribution in [1.29, 1.82) is 0 Å². The molecule has 22 heavy (non-hydrogen) atoms. The maximum Gasteiger partial charge on any atom is 0.270 e. The zero-order valence-corrected chi connectivity index (χ0v) is 11.5. The molecular weight excluding hydrogens is 290 g/mol. The number of anilines is 1. The summed E-state index contributed by atoms with van der Waals surface area (Å²) in [6.45, 7) is 0. The van der Waals surface area contributed by atoms with Gasteiger partial charge in [0.1, 0.15) is 0 Å². The van der Waals surface area contributed by atoms with Gasteiger partial charge in [-0.15, -0.1) is 0 Å². The molecule has 0 aliphatic heterocycles. The lowest BCUT2D eigenvalue weighted by Gasteiger charge is -2.17. The van der Waals surface area contributed by atoms with Crippen LogP contribution in [0.15, 0.2) is 48.5 Å². The van der Waals surface area contributed by atoms with Crippen LogP contribution in [0.3, 0.4) is 0 Å². The second-order valence-corrected chi connectivity index (χ2v) is 4.45. The van der Waals surface area contributed by atoms with Crippen molar-refractivity contribution in [1.82, 2.24) is 0 Å². The molecule has 2 aromatic carbocycles. The van der Waals surface area contributed by atoms with Gasteiger partial charge >= 0.3 is 0 Å². The highest BCUT2D eigenvalue weighted by molar-refractivity contribution is 6.06. The van der Waals surface area contributed by atoms with Crippen LogP contribution in [-0.2, 0) is 0 Å². The van der Waals surface area contributed by atoms with Crippen molar-refractivity contribution in [3.05, 3.63) is 74.3 Å². The minimum Gasteiger partial charge on any atom is -0.311 e. The van der Waals surface area contributed by atoms with E-state index in [1.807, 2.05) is 0 Å². The molecule has 2 rings (SSSR count). The molecule has 8 nitrogen and oxygen atoms in total. The van der Waals surface area contributed by atoms with Crippen LogP contribution in [0.4, 0.5) is 17.1 Å². The molecule has 112 valence electrons. The molecule has 0 bridgehead atoms. The van der Waals surface area contributed by atoms with Crippen LogP contribution in [0.1, 0.15) is 10.4 Å². The number of nitrogens with zero attached hydrogens (tertiary/aromatic N) is 3.